The zero-order valence-corrected chi connectivity index (χ0v) is 16.7. The Morgan fingerprint density at radius 3 is 2.54 bits per heavy atom. The second-order valence-corrected chi connectivity index (χ2v) is 8.64. The Balaban J connectivity index is 1.71. The summed E-state index contributed by atoms with van der Waals surface area (Å²) < 4.78 is 5.38. The van der Waals surface area contributed by atoms with Crippen molar-refractivity contribution in [2.45, 2.75) is 50.3 Å². The van der Waals surface area contributed by atoms with Crippen LogP contribution >= 0.6 is 11.8 Å². The first-order valence-electron chi connectivity index (χ1n) is 8.90. The number of carbonyl (C=O) groups excluding carboxylic acids is 4. The smallest absolute Gasteiger partial charge is 0.334 e. The van der Waals surface area contributed by atoms with E-state index in [1.165, 1.54) is 16.7 Å². The molecule has 3 rings (SSSR count). The van der Waals surface area contributed by atoms with Crippen molar-refractivity contribution < 1.29 is 23.9 Å². The summed E-state index contributed by atoms with van der Waals surface area (Å²) in [4.78, 5) is 50.3. The number of hydrogen-bond donors (Lipinski definition) is 1. The monoisotopic (exact) mass is 402 g/mol. The summed E-state index contributed by atoms with van der Waals surface area (Å²) in [5.41, 5.74) is 0.273. The van der Waals surface area contributed by atoms with Gasteiger partial charge in [-0.2, -0.15) is 0 Å². The average molecular weight is 402 g/mol. The first kappa shape index (κ1) is 20.1. The lowest BCUT2D eigenvalue weighted by Crippen LogP contribution is -2.74. The predicted octanol–water partition coefficient (Wildman–Crippen LogP) is 1.42. The van der Waals surface area contributed by atoms with Gasteiger partial charge in [0.15, 0.2) is 6.04 Å². The average Bonchev–Trinajstić information content (AvgIpc) is 2.64. The first-order valence-corrected chi connectivity index (χ1v) is 9.84. The summed E-state index contributed by atoms with van der Waals surface area (Å²) in [6.07, 6.45) is 0.722. The van der Waals surface area contributed by atoms with Crippen LogP contribution in [0.4, 0.5) is 0 Å². The number of benzene rings is 1. The molecule has 7 nitrogen and oxygen atoms in total. The molecule has 1 aromatic carbocycles. The molecule has 2 aliphatic rings. The van der Waals surface area contributed by atoms with Crippen molar-refractivity contribution in [3.8, 4) is 0 Å². The standard InChI is InChI=1S/C20H22N2O5S/c1-20(2,3)27-19(26)16-13(10-23)11-28-18-15(17(25)22(16)18)21-14(24)9-12-7-5-4-6-8-12/h4-8,10-11,15-16,18H,9H2,1-3H3,(H,21,24)/t15-,16-,18-/m1/s1. The number of amides is 2. The largest absolute Gasteiger partial charge is 0.458 e. The third-order valence-corrected chi connectivity index (χ3v) is 5.49. The molecule has 0 bridgehead atoms. The van der Waals surface area contributed by atoms with Crippen molar-refractivity contribution in [3.05, 3.63) is 46.9 Å². The minimum atomic E-state index is -1.09. The van der Waals surface area contributed by atoms with Crippen molar-refractivity contribution in [1.82, 2.24) is 10.2 Å². The zero-order chi connectivity index (χ0) is 20.5. The van der Waals surface area contributed by atoms with Crippen LogP contribution in [-0.4, -0.2) is 52.0 Å². The second kappa shape index (κ2) is 7.79. The molecule has 2 amide bonds. The summed E-state index contributed by atoms with van der Waals surface area (Å²) in [7, 11) is 0. The Labute approximate surface area is 167 Å². The Hall–Kier alpha value is -2.61. The van der Waals surface area contributed by atoms with Crippen LogP contribution in [0.1, 0.15) is 26.3 Å². The first-order chi connectivity index (χ1) is 13.2. The van der Waals surface area contributed by atoms with Crippen LogP contribution in [0.3, 0.4) is 0 Å². The third kappa shape index (κ3) is 4.11. The molecule has 8 heteroatoms. The van der Waals surface area contributed by atoms with Gasteiger partial charge in [0.1, 0.15) is 23.3 Å². The van der Waals surface area contributed by atoms with Gasteiger partial charge < -0.3 is 15.0 Å². The quantitative estimate of drug-likeness (QED) is 0.455. The molecular formula is C20H22N2O5S. The normalized spacial score (nSPS) is 23.8. The molecule has 2 heterocycles. The maximum atomic E-state index is 12.7. The van der Waals surface area contributed by atoms with Crippen molar-refractivity contribution in [1.29, 1.82) is 0 Å². The van der Waals surface area contributed by atoms with E-state index >= 15 is 0 Å². The van der Waals surface area contributed by atoms with Crippen LogP contribution in [0.15, 0.2) is 41.3 Å². The van der Waals surface area contributed by atoms with E-state index in [0.29, 0.717) is 6.29 Å². The van der Waals surface area contributed by atoms with E-state index in [-0.39, 0.29) is 17.9 Å². The highest BCUT2D eigenvalue weighted by atomic mass is 32.2. The number of nitrogens with zero attached hydrogens (tertiary/aromatic N) is 1. The number of nitrogens with one attached hydrogen (secondary N) is 1. The Morgan fingerprint density at radius 2 is 1.93 bits per heavy atom. The molecule has 2 aliphatic heterocycles. The minimum Gasteiger partial charge on any atom is -0.458 e. The van der Waals surface area contributed by atoms with E-state index in [4.69, 9.17) is 4.74 Å². The second-order valence-electron chi connectivity index (χ2n) is 7.65. The molecule has 28 heavy (non-hydrogen) atoms. The summed E-state index contributed by atoms with van der Waals surface area (Å²) >= 11 is 1.23. The number of esters is 1. The fourth-order valence-electron chi connectivity index (χ4n) is 3.12. The Morgan fingerprint density at radius 1 is 1.25 bits per heavy atom. The SMILES string of the molecule is CC(C)(C)OC(=O)[C@H]1C(C=O)=CS[C@@H]2[C@H](NC(=O)Cc3ccccc3)C(=O)N12. The predicted molar refractivity (Wildman–Crippen MR) is 104 cm³/mol. The maximum Gasteiger partial charge on any atom is 0.334 e. The maximum absolute atomic E-state index is 12.7. The van der Waals surface area contributed by atoms with Gasteiger partial charge in [0.25, 0.3) is 0 Å². The van der Waals surface area contributed by atoms with Gasteiger partial charge in [0.05, 0.1) is 6.42 Å². The van der Waals surface area contributed by atoms with E-state index in [1.807, 2.05) is 30.3 Å². The molecule has 0 aromatic heterocycles. The molecule has 0 spiro atoms. The van der Waals surface area contributed by atoms with Gasteiger partial charge in [0.2, 0.25) is 11.8 Å². The van der Waals surface area contributed by atoms with Crippen LogP contribution in [0, 0.1) is 0 Å². The summed E-state index contributed by atoms with van der Waals surface area (Å²) in [5.74, 6) is -1.33. The van der Waals surface area contributed by atoms with Crippen LogP contribution < -0.4 is 5.32 Å². The number of rotatable bonds is 5. The lowest BCUT2D eigenvalue weighted by molar-refractivity contribution is -0.170. The fourth-order valence-corrected chi connectivity index (χ4v) is 4.30. The zero-order valence-electron chi connectivity index (χ0n) is 15.9. The summed E-state index contributed by atoms with van der Waals surface area (Å²) in [5, 5.41) is 3.84. The van der Waals surface area contributed by atoms with E-state index < -0.39 is 34.9 Å². The van der Waals surface area contributed by atoms with Crippen LogP contribution in [0.2, 0.25) is 0 Å². The van der Waals surface area contributed by atoms with Gasteiger partial charge in [-0.1, -0.05) is 30.3 Å². The highest BCUT2D eigenvalue weighted by Crippen LogP contribution is 2.40. The number of thioether (sulfide) groups is 1. The lowest BCUT2D eigenvalue weighted by atomic mass is 9.98. The highest BCUT2D eigenvalue weighted by molar-refractivity contribution is 8.03. The number of carbonyl (C=O) groups is 4. The molecule has 1 aromatic rings. The number of hydrogen-bond acceptors (Lipinski definition) is 6. The van der Waals surface area contributed by atoms with E-state index in [1.54, 1.807) is 26.2 Å². The van der Waals surface area contributed by atoms with Gasteiger partial charge in [-0.25, -0.2) is 4.79 Å². The van der Waals surface area contributed by atoms with Crippen molar-refractivity contribution in [2.24, 2.45) is 0 Å². The van der Waals surface area contributed by atoms with Gasteiger partial charge in [0, 0.05) is 5.57 Å². The molecule has 3 atom stereocenters. The molecule has 1 saturated heterocycles. The van der Waals surface area contributed by atoms with Crippen LogP contribution in [-0.2, 0) is 30.3 Å². The molecule has 0 radical (unpaired) electrons. The topological polar surface area (TPSA) is 92.8 Å². The highest BCUT2D eigenvalue weighted by Gasteiger charge is 2.56. The Bertz CT molecular complexity index is 831. The van der Waals surface area contributed by atoms with Crippen molar-refractivity contribution >= 4 is 35.8 Å². The molecule has 0 saturated carbocycles. The summed E-state index contributed by atoms with van der Waals surface area (Å²) in [6.45, 7) is 5.15. The minimum absolute atomic E-state index is 0.160. The molecule has 0 aliphatic carbocycles. The lowest BCUT2D eigenvalue weighted by Gasteiger charge is -2.51. The molecule has 1 fully saturated rings. The molecule has 0 unspecified atom stereocenters. The number of fused-ring (bicyclic) bond motifs is 1. The van der Waals surface area contributed by atoms with Gasteiger partial charge in [-0.05, 0) is 31.7 Å². The molecule has 148 valence electrons. The van der Waals surface area contributed by atoms with Gasteiger partial charge >= 0.3 is 5.97 Å². The molecule has 1 N–H and O–H groups in total. The van der Waals surface area contributed by atoms with Gasteiger partial charge in [-0.15, -0.1) is 11.8 Å². The Kier molecular flexibility index (Phi) is 5.60. The van der Waals surface area contributed by atoms with Crippen molar-refractivity contribution in [3.63, 3.8) is 0 Å². The number of ether oxygens (including phenoxy) is 1. The van der Waals surface area contributed by atoms with Gasteiger partial charge in [-0.3, -0.25) is 14.4 Å². The van der Waals surface area contributed by atoms with E-state index in [0.717, 1.165) is 5.56 Å². The number of β-lactam (4-membered cyclic amide) rings is 1. The number of aldehydes is 1. The van der Waals surface area contributed by atoms with Crippen molar-refractivity contribution in [2.75, 3.05) is 0 Å². The summed E-state index contributed by atoms with van der Waals surface area (Å²) in [6, 6.07) is 7.39. The van der Waals surface area contributed by atoms with E-state index in [9.17, 15) is 19.2 Å². The third-order valence-electron chi connectivity index (χ3n) is 4.31. The fraction of sp³-hybridized carbons (Fsp3) is 0.400. The van der Waals surface area contributed by atoms with E-state index in [2.05, 4.69) is 5.32 Å². The van der Waals surface area contributed by atoms with Crippen LogP contribution in [0.25, 0.3) is 0 Å². The van der Waals surface area contributed by atoms with Crippen LogP contribution in [0.5, 0.6) is 0 Å². The molecular weight excluding hydrogens is 380 g/mol.